The SMILES string of the molecule is COc1cc(C(N)=O)ccc1NC(=O)[C@@H]1N[C@@H](CC(C)(C)C)[C@@]2(CNc3cc(Cl)ccc32)[C@H]1c1cccc(Cl)c1F. The van der Waals surface area contributed by atoms with Gasteiger partial charge in [0.25, 0.3) is 0 Å². The van der Waals surface area contributed by atoms with E-state index in [9.17, 15) is 9.59 Å². The molecule has 5 rings (SSSR count). The molecule has 2 amide bonds. The molecule has 2 aliphatic rings. The lowest BCUT2D eigenvalue weighted by atomic mass is 9.63. The zero-order valence-corrected chi connectivity index (χ0v) is 24.8. The molecule has 1 fully saturated rings. The molecule has 41 heavy (non-hydrogen) atoms. The number of rotatable bonds is 6. The molecule has 7 nitrogen and oxygen atoms in total. The van der Waals surface area contributed by atoms with E-state index in [0.717, 1.165) is 11.3 Å². The molecule has 0 aliphatic carbocycles. The van der Waals surface area contributed by atoms with Gasteiger partial charge in [0.05, 0.1) is 23.9 Å². The van der Waals surface area contributed by atoms with E-state index in [1.165, 1.54) is 25.3 Å². The lowest BCUT2D eigenvalue weighted by Crippen LogP contribution is -2.46. The van der Waals surface area contributed by atoms with Gasteiger partial charge in [-0.1, -0.05) is 62.2 Å². The van der Waals surface area contributed by atoms with E-state index >= 15 is 4.39 Å². The number of halogens is 3. The van der Waals surface area contributed by atoms with Crippen molar-refractivity contribution in [2.45, 2.75) is 50.6 Å². The van der Waals surface area contributed by atoms with Crippen molar-refractivity contribution in [3.8, 4) is 5.75 Å². The Labute approximate surface area is 248 Å². The molecule has 10 heteroatoms. The van der Waals surface area contributed by atoms with E-state index in [4.69, 9.17) is 33.7 Å². The molecular formula is C31H33Cl2FN4O3. The van der Waals surface area contributed by atoms with Crippen molar-refractivity contribution < 1.29 is 18.7 Å². The van der Waals surface area contributed by atoms with Gasteiger partial charge in [0, 0.05) is 40.2 Å². The zero-order valence-electron chi connectivity index (χ0n) is 23.3. The van der Waals surface area contributed by atoms with Crippen LogP contribution in [0.1, 0.15) is 54.6 Å². The Hall–Kier alpha value is -3.33. The molecule has 0 unspecified atom stereocenters. The topological polar surface area (TPSA) is 105 Å². The summed E-state index contributed by atoms with van der Waals surface area (Å²) >= 11 is 12.7. The van der Waals surface area contributed by atoms with Crippen molar-refractivity contribution in [2.75, 3.05) is 24.3 Å². The monoisotopic (exact) mass is 598 g/mol. The van der Waals surface area contributed by atoms with Crippen molar-refractivity contribution in [1.82, 2.24) is 5.32 Å². The Morgan fingerprint density at radius 3 is 2.59 bits per heavy atom. The highest BCUT2D eigenvalue weighted by Crippen LogP contribution is 2.56. The second-order valence-corrected chi connectivity index (χ2v) is 12.8. The van der Waals surface area contributed by atoms with Gasteiger partial charge < -0.3 is 26.4 Å². The molecule has 2 heterocycles. The largest absolute Gasteiger partial charge is 0.495 e. The Morgan fingerprint density at radius 1 is 1.15 bits per heavy atom. The normalized spacial score (nSPS) is 23.2. The molecule has 216 valence electrons. The number of nitrogens with one attached hydrogen (secondary N) is 3. The quantitative estimate of drug-likeness (QED) is 0.274. The summed E-state index contributed by atoms with van der Waals surface area (Å²) in [6.45, 7) is 6.89. The average Bonchev–Trinajstić information content (AvgIpc) is 3.43. The molecule has 5 N–H and O–H groups in total. The first kappa shape index (κ1) is 29.2. The van der Waals surface area contributed by atoms with Gasteiger partial charge in [-0.05, 0) is 59.4 Å². The van der Waals surface area contributed by atoms with Crippen LogP contribution in [-0.2, 0) is 10.2 Å². The zero-order chi connectivity index (χ0) is 29.7. The minimum absolute atomic E-state index is 0.0120. The average molecular weight is 600 g/mol. The fraction of sp³-hybridized carbons (Fsp3) is 0.355. The van der Waals surface area contributed by atoms with Crippen molar-refractivity contribution in [1.29, 1.82) is 0 Å². The maximum absolute atomic E-state index is 15.9. The van der Waals surface area contributed by atoms with Crippen LogP contribution in [0.25, 0.3) is 0 Å². The number of hydrogen-bond acceptors (Lipinski definition) is 5. The Morgan fingerprint density at radius 2 is 1.90 bits per heavy atom. The number of methoxy groups -OCH3 is 1. The van der Waals surface area contributed by atoms with Gasteiger partial charge in [-0.25, -0.2) is 4.39 Å². The predicted octanol–water partition coefficient (Wildman–Crippen LogP) is 6.10. The molecule has 0 aromatic heterocycles. The van der Waals surface area contributed by atoms with Gasteiger partial charge in [-0.2, -0.15) is 0 Å². The molecule has 0 radical (unpaired) electrons. The third-order valence-electron chi connectivity index (χ3n) is 8.10. The molecule has 0 bridgehead atoms. The standard InChI is InChI=1S/C31H33Cl2FN4O3/c1-30(2,3)14-24-31(15-36-22-13-17(32)9-10-19(22)31)25(18-6-5-7-20(33)26(18)34)27(38-24)29(40)37-21-11-8-16(28(35)39)12-23(21)41-4/h5-13,24-25,27,36,38H,14-15H2,1-4H3,(H2,35,39)(H,37,40)/t24-,25-,27+,31-/m0/s1. The van der Waals surface area contributed by atoms with Gasteiger partial charge in [-0.3, -0.25) is 9.59 Å². The van der Waals surface area contributed by atoms with E-state index in [0.29, 0.717) is 29.2 Å². The van der Waals surface area contributed by atoms with E-state index in [2.05, 4.69) is 36.7 Å². The Kier molecular flexibility index (Phi) is 7.70. The summed E-state index contributed by atoms with van der Waals surface area (Å²) in [6.07, 6.45) is 0.704. The number of fused-ring (bicyclic) bond motifs is 2. The van der Waals surface area contributed by atoms with Crippen molar-refractivity contribution in [3.63, 3.8) is 0 Å². The molecule has 3 aromatic carbocycles. The van der Waals surface area contributed by atoms with Gasteiger partial charge in [0.2, 0.25) is 11.8 Å². The summed E-state index contributed by atoms with van der Waals surface area (Å²) < 4.78 is 21.3. The summed E-state index contributed by atoms with van der Waals surface area (Å²) in [5, 5.41) is 10.6. The molecule has 1 saturated heterocycles. The number of primary amides is 1. The van der Waals surface area contributed by atoms with Crippen LogP contribution < -0.4 is 26.4 Å². The molecule has 0 saturated carbocycles. The van der Waals surface area contributed by atoms with Gasteiger partial charge >= 0.3 is 0 Å². The molecule has 2 aliphatic heterocycles. The number of nitrogens with two attached hydrogens (primary N) is 1. The molecule has 3 aromatic rings. The third kappa shape index (κ3) is 5.25. The summed E-state index contributed by atoms with van der Waals surface area (Å²) in [6, 6.07) is 14.1. The molecule has 4 atom stereocenters. The van der Waals surface area contributed by atoms with Crippen LogP contribution in [-0.4, -0.2) is 37.6 Å². The Bertz CT molecular complexity index is 1530. The number of benzene rings is 3. The second kappa shape index (κ2) is 10.8. The smallest absolute Gasteiger partial charge is 0.248 e. The van der Waals surface area contributed by atoms with Gasteiger partial charge in [-0.15, -0.1) is 0 Å². The van der Waals surface area contributed by atoms with E-state index in [1.54, 1.807) is 18.2 Å². The van der Waals surface area contributed by atoms with Gasteiger partial charge in [0.15, 0.2) is 0 Å². The summed E-state index contributed by atoms with van der Waals surface area (Å²) in [7, 11) is 1.44. The first-order valence-corrected chi connectivity index (χ1v) is 14.1. The number of hydrogen-bond donors (Lipinski definition) is 4. The number of ether oxygens (including phenoxy) is 1. The molecule has 1 spiro atoms. The Balaban J connectivity index is 1.66. The highest BCUT2D eigenvalue weighted by Gasteiger charge is 2.61. The second-order valence-electron chi connectivity index (χ2n) is 11.9. The van der Waals surface area contributed by atoms with Crippen LogP contribution in [0.5, 0.6) is 5.75 Å². The lowest BCUT2D eigenvalue weighted by Gasteiger charge is -2.39. The number of anilines is 2. The summed E-state index contributed by atoms with van der Waals surface area (Å²) in [5.41, 5.74) is 7.38. The first-order valence-electron chi connectivity index (χ1n) is 13.4. The highest BCUT2D eigenvalue weighted by atomic mass is 35.5. The predicted molar refractivity (Wildman–Crippen MR) is 161 cm³/mol. The fourth-order valence-corrected chi connectivity index (χ4v) is 6.78. The van der Waals surface area contributed by atoms with E-state index in [-0.39, 0.29) is 33.7 Å². The highest BCUT2D eigenvalue weighted by molar-refractivity contribution is 6.31. The summed E-state index contributed by atoms with van der Waals surface area (Å²) in [4.78, 5) is 25.9. The van der Waals surface area contributed by atoms with Crippen LogP contribution in [0.2, 0.25) is 10.0 Å². The van der Waals surface area contributed by atoms with Crippen molar-refractivity contribution in [3.05, 3.63) is 87.2 Å². The van der Waals surface area contributed by atoms with Crippen LogP contribution in [0.15, 0.2) is 54.6 Å². The number of carbonyl (C=O) groups excluding carboxylic acids is 2. The molecular weight excluding hydrogens is 566 g/mol. The third-order valence-corrected chi connectivity index (χ3v) is 8.63. The minimum Gasteiger partial charge on any atom is -0.495 e. The van der Waals surface area contributed by atoms with Crippen molar-refractivity contribution in [2.24, 2.45) is 11.1 Å². The van der Waals surface area contributed by atoms with Crippen LogP contribution in [0.3, 0.4) is 0 Å². The van der Waals surface area contributed by atoms with Crippen LogP contribution in [0.4, 0.5) is 15.8 Å². The summed E-state index contributed by atoms with van der Waals surface area (Å²) in [5.74, 6) is -1.91. The van der Waals surface area contributed by atoms with Crippen LogP contribution in [0, 0.1) is 11.2 Å². The van der Waals surface area contributed by atoms with Crippen molar-refractivity contribution >= 4 is 46.4 Å². The number of amides is 2. The maximum atomic E-state index is 15.9. The van der Waals surface area contributed by atoms with Crippen LogP contribution >= 0.6 is 23.2 Å². The van der Waals surface area contributed by atoms with E-state index < -0.39 is 29.1 Å². The maximum Gasteiger partial charge on any atom is 0.248 e. The lowest BCUT2D eigenvalue weighted by molar-refractivity contribution is -0.118. The number of carbonyl (C=O) groups is 2. The first-order chi connectivity index (χ1) is 19.4. The van der Waals surface area contributed by atoms with E-state index in [1.807, 2.05) is 18.2 Å². The fourth-order valence-electron chi connectivity index (χ4n) is 6.43. The minimum atomic E-state index is -0.848. The van der Waals surface area contributed by atoms with Gasteiger partial charge in [0.1, 0.15) is 11.6 Å².